The van der Waals surface area contributed by atoms with E-state index in [9.17, 15) is 13.7 Å². The van der Waals surface area contributed by atoms with E-state index >= 15 is 0 Å². The highest BCUT2D eigenvalue weighted by atomic mass is 32.2. The molecule has 0 amide bonds. The predicted octanol–water partition coefficient (Wildman–Crippen LogP) is 4.78. The van der Waals surface area contributed by atoms with Crippen molar-refractivity contribution < 1.29 is 12.6 Å². The van der Waals surface area contributed by atoms with Crippen molar-refractivity contribution in [1.82, 2.24) is 0 Å². The lowest BCUT2D eigenvalue weighted by Gasteiger charge is -2.40. The van der Waals surface area contributed by atoms with Crippen LogP contribution in [0.25, 0.3) is 0 Å². The average molecular weight is 357 g/mol. The summed E-state index contributed by atoms with van der Waals surface area (Å²) in [7, 11) is -3.99. The molecule has 1 aromatic rings. The van der Waals surface area contributed by atoms with E-state index in [1.165, 1.54) is 24.1 Å². The maximum atomic E-state index is 12.5. The summed E-state index contributed by atoms with van der Waals surface area (Å²) >= 11 is 0. The number of hydrogen-bond donors (Lipinski definition) is 0. The summed E-state index contributed by atoms with van der Waals surface area (Å²) in [5.74, 6) is -0.0966. The molecule has 1 fully saturated rings. The zero-order valence-electron chi connectivity index (χ0n) is 14.7. The van der Waals surface area contributed by atoms with Gasteiger partial charge in [-0.05, 0) is 56.6 Å². The van der Waals surface area contributed by atoms with Gasteiger partial charge in [0.2, 0.25) is 5.76 Å². The third-order valence-electron chi connectivity index (χ3n) is 5.39. The molecule has 0 unspecified atom stereocenters. The highest BCUT2D eigenvalue weighted by molar-refractivity contribution is 7.86. The molecule has 1 atom stereocenters. The SMILES string of the molecule is Cc1ccc(S(=O)(=O)O/C(C#N)=C2\C=C3CCCC[C@]3(C)CC2)cc1. The number of nitriles is 1. The number of nitrogens with zero attached hydrogens (tertiary/aromatic N) is 1. The fourth-order valence-corrected chi connectivity index (χ4v) is 4.63. The molecular formula is C20H23NO3S. The number of hydrogen-bond acceptors (Lipinski definition) is 4. The molecule has 0 spiro atoms. The minimum Gasteiger partial charge on any atom is -0.367 e. The number of rotatable bonds is 3. The normalized spacial score (nSPS) is 25.4. The van der Waals surface area contributed by atoms with Gasteiger partial charge in [0.1, 0.15) is 11.0 Å². The first-order valence-electron chi connectivity index (χ1n) is 8.69. The smallest absolute Gasteiger partial charge is 0.339 e. The van der Waals surface area contributed by atoms with Crippen molar-refractivity contribution in [2.24, 2.45) is 5.41 Å². The van der Waals surface area contributed by atoms with E-state index in [1.54, 1.807) is 12.1 Å². The molecular weight excluding hydrogens is 334 g/mol. The maximum absolute atomic E-state index is 12.5. The van der Waals surface area contributed by atoms with Gasteiger partial charge in [-0.25, -0.2) is 0 Å². The summed E-state index contributed by atoms with van der Waals surface area (Å²) in [4.78, 5) is 0.0671. The first-order valence-corrected chi connectivity index (χ1v) is 10.1. The Hall–Kier alpha value is -2.06. The van der Waals surface area contributed by atoms with E-state index in [4.69, 9.17) is 4.18 Å². The van der Waals surface area contributed by atoms with Gasteiger partial charge in [-0.1, -0.05) is 42.7 Å². The molecule has 0 heterocycles. The number of aryl methyl sites for hydroxylation is 1. The molecule has 2 aliphatic rings. The Bertz CT molecular complexity index is 873. The number of benzene rings is 1. The fourth-order valence-electron chi connectivity index (χ4n) is 3.70. The molecule has 0 N–H and O–H groups in total. The minimum atomic E-state index is -3.99. The van der Waals surface area contributed by atoms with Gasteiger partial charge in [-0.3, -0.25) is 0 Å². The number of allylic oxidation sites excluding steroid dienone is 4. The quantitative estimate of drug-likeness (QED) is 0.443. The molecule has 2 aliphatic carbocycles. The standard InChI is InChI=1S/C20H23NO3S/c1-15-6-8-18(9-7-15)25(22,23)24-19(14-21)16-10-12-20(2)11-4-3-5-17(20)13-16/h6-9,13H,3-5,10-12H2,1-2H3/b19-16-/t20-/m1/s1. The summed E-state index contributed by atoms with van der Waals surface area (Å²) < 4.78 is 30.2. The minimum absolute atomic E-state index is 0.0671. The van der Waals surface area contributed by atoms with Crippen molar-refractivity contribution in [3.63, 3.8) is 0 Å². The monoisotopic (exact) mass is 357 g/mol. The van der Waals surface area contributed by atoms with Crippen LogP contribution in [-0.4, -0.2) is 8.42 Å². The fraction of sp³-hybridized carbons (Fsp3) is 0.450. The van der Waals surface area contributed by atoms with E-state index in [0.29, 0.717) is 12.0 Å². The lowest BCUT2D eigenvalue weighted by molar-refractivity contribution is 0.272. The third-order valence-corrected chi connectivity index (χ3v) is 6.63. The van der Waals surface area contributed by atoms with E-state index in [1.807, 2.05) is 19.1 Å². The van der Waals surface area contributed by atoms with E-state index in [-0.39, 0.29) is 16.1 Å². The van der Waals surface area contributed by atoms with Gasteiger partial charge in [0.15, 0.2) is 0 Å². The Morgan fingerprint density at radius 3 is 2.56 bits per heavy atom. The van der Waals surface area contributed by atoms with Crippen LogP contribution in [0, 0.1) is 23.7 Å². The van der Waals surface area contributed by atoms with Crippen molar-refractivity contribution >= 4 is 10.1 Å². The van der Waals surface area contributed by atoms with Crippen molar-refractivity contribution in [2.75, 3.05) is 0 Å². The van der Waals surface area contributed by atoms with Crippen molar-refractivity contribution in [2.45, 2.75) is 57.3 Å². The van der Waals surface area contributed by atoms with Gasteiger partial charge in [0.05, 0.1) is 0 Å². The van der Waals surface area contributed by atoms with Crippen LogP contribution in [0.5, 0.6) is 0 Å². The van der Waals surface area contributed by atoms with Gasteiger partial charge in [-0.15, -0.1) is 0 Å². The van der Waals surface area contributed by atoms with Crippen LogP contribution in [0.2, 0.25) is 0 Å². The lowest BCUT2D eigenvalue weighted by Crippen LogP contribution is -2.26. The van der Waals surface area contributed by atoms with Crippen LogP contribution in [0.15, 0.2) is 52.1 Å². The molecule has 0 saturated heterocycles. The van der Waals surface area contributed by atoms with Crippen molar-refractivity contribution in [3.05, 3.63) is 52.8 Å². The summed E-state index contributed by atoms with van der Waals surface area (Å²) in [5.41, 5.74) is 3.18. The molecule has 25 heavy (non-hydrogen) atoms. The Kier molecular flexibility index (Phi) is 4.75. The van der Waals surface area contributed by atoms with Crippen LogP contribution >= 0.6 is 0 Å². The van der Waals surface area contributed by atoms with Crippen LogP contribution < -0.4 is 0 Å². The van der Waals surface area contributed by atoms with Crippen LogP contribution in [0.1, 0.15) is 51.0 Å². The molecule has 1 aromatic carbocycles. The molecule has 4 nitrogen and oxygen atoms in total. The largest absolute Gasteiger partial charge is 0.367 e. The highest BCUT2D eigenvalue weighted by Crippen LogP contribution is 2.48. The average Bonchev–Trinajstić information content (AvgIpc) is 2.59. The molecule has 3 rings (SSSR count). The zero-order chi connectivity index (χ0) is 18.1. The Balaban J connectivity index is 1.92. The Labute approximate surface area is 149 Å². The summed E-state index contributed by atoms with van der Waals surface area (Å²) in [6, 6.07) is 8.38. The van der Waals surface area contributed by atoms with E-state index in [0.717, 1.165) is 31.2 Å². The van der Waals surface area contributed by atoms with Gasteiger partial charge in [0.25, 0.3) is 0 Å². The molecule has 0 aliphatic heterocycles. The first-order chi connectivity index (χ1) is 11.8. The van der Waals surface area contributed by atoms with E-state index < -0.39 is 10.1 Å². The molecule has 5 heteroatoms. The van der Waals surface area contributed by atoms with Crippen LogP contribution in [0.3, 0.4) is 0 Å². The molecule has 0 radical (unpaired) electrons. The zero-order valence-corrected chi connectivity index (χ0v) is 15.5. The highest BCUT2D eigenvalue weighted by Gasteiger charge is 2.35. The molecule has 0 aromatic heterocycles. The van der Waals surface area contributed by atoms with Crippen molar-refractivity contribution in [3.8, 4) is 6.07 Å². The summed E-state index contributed by atoms with van der Waals surface area (Å²) in [5, 5.41) is 9.47. The lowest BCUT2D eigenvalue weighted by atomic mass is 9.65. The predicted molar refractivity (Wildman–Crippen MR) is 96.0 cm³/mol. The topological polar surface area (TPSA) is 67.2 Å². The van der Waals surface area contributed by atoms with Gasteiger partial charge in [0, 0.05) is 5.57 Å². The summed E-state index contributed by atoms with van der Waals surface area (Å²) in [6.45, 7) is 4.15. The van der Waals surface area contributed by atoms with Crippen molar-refractivity contribution in [1.29, 1.82) is 5.26 Å². The Morgan fingerprint density at radius 2 is 1.88 bits per heavy atom. The molecule has 132 valence electrons. The van der Waals surface area contributed by atoms with Gasteiger partial charge < -0.3 is 4.18 Å². The van der Waals surface area contributed by atoms with Gasteiger partial charge in [-0.2, -0.15) is 13.7 Å². The third kappa shape index (κ3) is 3.64. The Morgan fingerprint density at radius 1 is 1.16 bits per heavy atom. The van der Waals surface area contributed by atoms with Crippen LogP contribution in [0.4, 0.5) is 0 Å². The molecule has 1 saturated carbocycles. The second-order valence-corrected chi connectivity index (χ2v) is 8.80. The van der Waals surface area contributed by atoms with Crippen LogP contribution in [-0.2, 0) is 14.3 Å². The molecule has 0 bridgehead atoms. The summed E-state index contributed by atoms with van der Waals surface area (Å²) in [6.07, 6.45) is 8.18. The number of fused-ring (bicyclic) bond motifs is 1. The first kappa shape index (κ1) is 17.8. The van der Waals surface area contributed by atoms with E-state index in [2.05, 4.69) is 6.92 Å². The second-order valence-electron chi connectivity index (χ2n) is 7.25. The van der Waals surface area contributed by atoms with Gasteiger partial charge >= 0.3 is 10.1 Å². The second kappa shape index (κ2) is 6.68. The maximum Gasteiger partial charge on any atom is 0.339 e.